The Morgan fingerprint density at radius 3 is 2.60 bits per heavy atom. The van der Waals surface area contributed by atoms with E-state index in [0.29, 0.717) is 10.6 Å². The van der Waals surface area contributed by atoms with Crippen LogP contribution in [0.1, 0.15) is 12.5 Å². The Balaban J connectivity index is 2.97. The summed E-state index contributed by atoms with van der Waals surface area (Å²) in [4.78, 5) is 22.9. The van der Waals surface area contributed by atoms with Crippen LogP contribution in [-0.4, -0.2) is 34.5 Å². The number of halogens is 2. The third kappa shape index (κ3) is 4.33. The van der Waals surface area contributed by atoms with Gasteiger partial charge in [-0.15, -0.1) is 0 Å². The monoisotopic (exact) mass is 320 g/mol. The second kappa shape index (κ2) is 6.88. The van der Waals surface area contributed by atoms with Crippen molar-refractivity contribution in [3.05, 3.63) is 37.9 Å². The molecule has 0 aliphatic heterocycles. The van der Waals surface area contributed by atoms with Crippen LogP contribution in [0, 0.1) is 16.0 Å². The molecule has 20 heavy (non-hydrogen) atoms. The van der Waals surface area contributed by atoms with Gasteiger partial charge in [0.1, 0.15) is 5.02 Å². The number of aliphatic carboxylic acids is 1. The molecular formula is C12H14Cl2N2O4. The molecule has 1 unspecified atom stereocenters. The molecule has 1 rings (SSSR count). The average Bonchev–Trinajstić information content (AvgIpc) is 2.26. The van der Waals surface area contributed by atoms with Crippen LogP contribution in [-0.2, 0) is 11.3 Å². The molecule has 0 spiro atoms. The fraction of sp³-hybridized carbons (Fsp3) is 0.417. The molecule has 1 N–H and O–H groups in total. The molecule has 1 aromatic rings. The Bertz CT molecular complexity index is 536. The standard InChI is InChI=1S/C12H14Cl2N2O4/c1-7(12(17)18)5-15(2)6-8-3-9(13)4-10(14)11(8)16(19)20/h3-4,7H,5-6H2,1-2H3,(H,17,18). The van der Waals surface area contributed by atoms with Crippen molar-refractivity contribution in [3.8, 4) is 0 Å². The van der Waals surface area contributed by atoms with Crippen molar-refractivity contribution in [3.63, 3.8) is 0 Å². The number of nitro benzene ring substituents is 1. The van der Waals surface area contributed by atoms with E-state index < -0.39 is 16.8 Å². The van der Waals surface area contributed by atoms with Crippen molar-refractivity contribution in [2.75, 3.05) is 13.6 Å². The van der Waals surface area contributed by atoms with Gasteiger partial charge in [-0.05, 0) is 19.2 Å². The Hall–Kier alpha value is -1.37. The Morgan fingerprint density at radius 2 is 2.10 bits per heavy atom. The van der Waals surface area contributed by atoms with Gasteiger partial charge in [0.05, 0.1) is 10.8 Å². The van der Waals surface area contributed by atoms with Crippen LogP contribution in [0.5, 0.6) is 0 Å². The van der Waals surface area contributed by atoms with Crippen LogP contribution in [0.4, 0.5) is 5.69 Å². The smallest absolute Gasteiger partial charge is 0.307 e. The van der Waals surface area contributed by atoms with Crippen molar-refractivity contribution in [1.82, 2.24) is 4.90 Å². The molecule has 1 atom stereocenters. The van der Waals surface area contributed by atoms with Crippen LogP contribution in [0.25, 0.3) is 0 Å². The first kappa shape index (κ1) is 16.7. The minimum atomic E-state index is -0.921. The van der Waals surface area contributed by atoms with E-state index in [4.69, 9.17) is 28.3 Å². The van der Waals surface area contributed by atoms with E-state index in [0.717, 1.165) is 0 Å². The fourth-order valence-electron chi connectivity index (χ4n) is 1.85. The second-order valence-electron chi connectivity index (χ2n) is 4.59. The molecule has 0 amide bonds. The average molecular weight is 321 g/mol. The first-order chi connectivity index (χ1) is 9.22. The topological polar surface area (TPSA) is 83.7 Å². The van der Waals surface area contributed by atoms with Crippen molar-refractivity contribution in [2.45, 2.75) is 13.5 Å². The number of carboxylic acid groups (broad SMARTS) is 1. The van der Waals surface area contributed by atoms with E-state index in [1.807, 2.05) is 0 Å². The number of nitrogens with zero attached hydrogens (tertiary/aromatic N) is 2. The molecule has 0 saturated carbocycles. The first-order valence-corrected chi connectivity index (χ1v) is 6.51. The number of hydrogen-bond acceptors (Lipinski definition) is 4. The molecule has 1 aromatic carbocycles. The summed E-state index contributed by atoms with van der Waals surface area (Å²) < 4.78 is 0. The number of rotatable bonds is 6. The second-order valence-corrected chi connectivity index (χ2v) is 5.43. The van der Waals surface area contributed by atoms with Crippen molar-refractivity contribution in [1.29, 1.82) is 0 Å². The zero-order chi connectivity index (χ0) is 15.4. The number of nitro groups is 1. The number of carboxylic acids is 1. The van der Waals surface area contributed by atoms with Gasteiger partial charge in [-0.25, -0.2) is 0 Å². The number of hydrogen-bond donors (Lipinski definition) is 1. The summed E-state index contributed by atoms with van der Waals surface area (Å²) in [6.07, 6.45) is 0. The van der Waals surface area contributed by atoms with Gasteiger partial charge in [0.2, 0.25) is 0 Å². The van der Waals surface area contributed by atoms with E-state index in [-0.39, 0.29) is 23.8 Å². The third-order valence-corrected chi connectivity index (χ3v) is 3.24. The van der Waals surface area contributed by atoms with Crippen molar-refractivity contribution < 1.29 is 14.8 Å². The van der Waals surface area contributed by atoms with Gasteiger partial charge in [0, 0.05) is 23.7 Å². The Labute approximate surface area is 126 Å². The van der Waals surface area contributed by atoms with E-state index >= 15 is 0 Å². The summed E-state index contributed by atoms with van der Waals surface area (Å²) in [5.41, 5.74) is 0.151. The maximum absolute atomic E-state index is 11.0. The molecule has 110 valence electrons. The normalized spacial score (nSPS) is 12.4. The molecule has 0 heterocycles. The summed E-state index contributed by atoms with van der Waals surface area (Å²) in [5.74, 6) is -1.50. The van der Waals surface area contributed by atoms with Crippen LogP contribution in [0.3, 0.4) is 0 Å². The van der Waals surface area contributed by atoms with Gasteiger partial charge in [0.15, 0.2) is 0 Å². The molecular weight excluding hydrogens is 307 g/mol. The number of carbonyl (C=O) groups is 1. The molecule has 0 aliphatic carbocycles. The largest absolute Gasteiger partial charge is 0.481 e. The highest BCUT2D eigenvalue weighted by Crippen LogP contribution is 2.32. The highest BCUT2D eigenvalue weighted by atomic mass is 35.5. The molecule has 0 bridgehead atoms. The molecule has 0 aromatic heterocycles. The zero-order valence-corrected chi connectivity index (χ0v) is 12.5. The molecule has 0 radical (unpaired) electrons. The number of benzene rings is 1. The summed E-state index contributed by atoms with van der Waals surface area (Å²) in [6.45, 7) is 2.02. The minimum Gasteiger partial charge on any atom is -0.481 e. The van der Waals surface area contributed by atoms with Crippen LogP contribution in [0.15, 0.2) is 12.1 Å². The van der Waals surface area contributed by atoms with Crippen LogP contribution >= 0.6 is 23.2 Å². The third-order valence-electron chi connectivity index (χ3n) is 2.74. The Kier molecular flexibility index (Phi) is 5.74. The lowest BCUT2D eigenvalue weighted by molar-refractivity contribution is -0.385. The first-order valence-electron chi connectivity index (χ1n) is 5.76. The quantitative estimate of drug-likeness (QED) is 0.643. The van der Waals surface area contributed by atoms with Gasteiger partial charge in [0.25, 0.3) is 5.69 Å². The Morgan fingerprint density at radius 1 is 1.50 bits per heavy atom. The SMILES string of the molecule is CC(CN(C)Cc1cc(Cl)cc(Cl)c1[N+](=O)[O-])C(=O)O. The lowest BCUT2D eigenvalue weighted by Gasteiger charge is -2.19. The van der Waals surface area contributed by atoms with Gasteiger partial charge in [-0.2, -0.15) is 0 Å². The van der Waals surface area contributed by atoms with Crippen LogP contribution < -0.4 is 0 Å². The van der Waals surface area contributed by atoms with Crippen molar-refractivity contribution in [2.24, 2.45) is 5.92 Å². The zero-order valence-electron chi connectivity index (χ0n) is 11.0. The van der Waals surface area contributed by atoms with Gasteiger partial charge >= 0.3 is 5.97 Å². The summed E-state index contributed by atoms with van der Waals surface area (Å²) >= 11 is 11.7. The van der Waals surface area contributed by atoms with E-state index in [2.05, 4.69) is 0 Å². The van der Waals surface area contributed by atoms with Crippen LogP contribution in [0.2, 0.25) is 10.0 Å². The maximum Gasteiger partial charge on any atom is 0.307 e. The van der Waals surface area contributed by atoms with E-state index in [1.54, 1.807) is 18.9 Å². The highest BCUT2D eigenvalue weighted by Gasteiger charge is 2.22. The molecule has 0 fully saturated rings. The molecule has 0 saturated heterocycles. The van der Waals surface area contributed by atoms with E-state index in [1.165, 1.54) is 12.1 Å². The van der Waals surface area contributed by atoms with Gasteiger partial charge < -0.3 is 10.0 Å². The lowest BCUT2D eigenvalue weighted by Crippen LogP contribution is -2.28. The van der Waals surface area contributed by atoms with Crippen molar-refractivity contribution >= 4 is 34.9 Å². The molecule has 6 nitrogen and oxygen atoms in total. The summed E-state index contributed by atoms with van der Waals surface area (Å²) in [6, 6.07) is 2.78. The summed E-state index contributed by atoms with van der Waals surface area (Å²) in [7, 11) is 1.68. The maximum atomic E-state index is 11.0. The van der Waals surface area contributed by atoms with Gasteiger partial charge in [-0.3, -0.25) is 14.9 Å². The lowest BCUT2D eigenvalue weighted by atomic mass is 10.1. The van der Waals surface area contributed by atoms with Gasteiger partial charge in [-0.1, -0.05) is 30.1 Å². The molecule has 0 aliphatic rings. The highest BCUT2D eigenvalue weighted by molar-refractivity contribution is 6.36. The van der Waals surface area contributed by atoms with E-state index in [9.17, 15) is 14.9 Å². The predicted octanol–water partition coefficient (Wildman–Crippen LogP) is 3.05. The molecule has 8 heteroatoms. The minimum absolute atomic E-state index is 0.0304. The predicted molar refractivity (Wildman–Crippen MR) is 76.3 cm³/mol. The fourth-order valence-corrected chi connectivity index (χ4v) is 2.45. The summed E-state index contributed by atoms with van der Waals surface area (Å²) in [5, 5.41) is 20.2.